The van der Waals surface area contributed by atoms with Crippen LogP contribution in [-0.4, -0.2) is 37.1 Å². The fourth-order valence-electron chi connectivity index (χ4n) is 3.14. The Balaban J connectivity index is 2.04. The van der Waals surface area contributed by atoms with Crippen LogP contribution in [0.4, 0.5) is 5.69 Å². The van der Waals surface area contributed by atoms with E-state index in [0.29, 0.717) is 35.8 Å². The van der Waals surface area contributed by atoms with Crippen molar-refractivity contribution in [2.45, 2.75) is 18.7 Å². The predicted molar refractivity (Wildman–Crippen MR) is 111 cm³/mol. The number of hydrogen-bond donors (Lipinski definition) is 0. The highest BCUT2D eigenvalue weighted by Crippen LogP contribution is 2.41. The number of amides is 2. The Kier molecular flexibility index (Phi) is 6.30. The number of carbonyl (C=O) groups is 3. The van der Waals surface area contributed by atoms with E-state index in [9.17, 15) is 14.4 Å². The number of fused-ring (bicyclic) bond motifs is 1. The molecule has 0 saturated heterocycles. The second-order valence-electron chi connectivity index (χ2n) is 6.05. The number of aldehydes is 1. The molecule has 1 aliphatic heterocycles. The molecule has 0 atom stereocenters. The van der Waals surface area contributed by atoms with Crippen molar-refractivity contribution in [3.05, 3.63) is 47.5 Å². The number of benzene rings is 2. The van der Waals surface area contributed by atoms with Crippen LogP contribution in [0.2, 0.25) is 0 Å². The molecule has 0 radical (unpaired) electrons. The summed E-state index contributed by atoms with van der Waals surface area (Å²) in [7, 11) is 0. The van der Waals surface area contributed by atoms with Gasteiger partial charge < -0.3 is 4.74 Å². The van der Waals surface area contributed by atoms with E-state index in [1.54, 1.807) is 13.8 Å². The molecule has 0 N–H and O–H groups in total. The van der Waals surface area contributed by atoms with Crippen LogP contribution in [0.1, 0.15) is 22.8 Å². The summed E-state index contributed by atoms with van der Waals surface area (Å²) in [5.74, 6) is 5.46. The lowest BCUT2D eigenvalue weighted by Crippen LogP contribution is -2.30. The number of anilines is 1. The van der Waals surface area contributed by atoms with Crippen molar-refractivity contribution in [1.29, 1.82) is 0 Å². The van der Waals surface area contributed by atoms with Gasteiger partial charge in [-0.1, -0.05) is 30.2 Å². The molecule has 0 saturated carbocycles. The average molecular weight is 393 g/mol. The highest BCUT2D eigenvalue weighted by Gasteiger charge is 2.30. The summed E-state index contributed by atoms with van der Waals surface area (Å²) in [6, 6.07) is 7.49. The molecule has 0 aromatic heterocycles. The van der Waals surface area contributed by atoms with Gasteiger partial charge in [0.2, 0.25) is 0 Å². The minimum Gasteiger partial charge on any atom is -0.368 e. The van der Waals surface area contributed by atoms with E-state index in [1.807, 2.05) is 24.3 Å². The molecular weight excluding hydrogens is 374 g/mol. The molecule has 1 heterocycles. The third kappa shape index (κ3) is 3.72. The van der Waals surface area contributed by atoms with Crippen molar-refractivity contribution in [3.63, 3.8) is 0 Å². The standard InChI is InChI=1S/C22H19NO4S/c1-3-4-11-27-12-13-28-22-17-8-6-5-7-16(17)21(15(2)18(22)14-24)23-19(25)9-10-20(23)26/h5-10,14H,11-13H2,1-2H3. The topological polar surface area (TPSA) is 63.7 Å². The number of rotatable bonds is 7. The van der Waals surface area contributed by atoms with E-state index >= 15 is 0 Å². The second kappa shape index (κ2) is 8.87. The Morgan fingerprint density at radius 1 is 1.14 bits per heavy atom. The molecule has 0 bridgehead atoms. The highest BCUT2D eigenvalue weighted by atomic mass is 32.2. The van der Waals surface area contributed by atoms with Gasteiger partial charge in [-0.05, 0) is 24.8 Å². The van der Waals surface area contributed by atoms with Crippen LogP contribution >= 0.6 is 11.8 Å². The van der Waals surface area contributed by atoms with Crippen molar-refractivity contribution >= 4 is 46.3 Å². The minimum atomic E-state index is -0.402. The molecule has 142 valence electrons. The number of thioether (sulfide) groups is 1. The summed E-state index contributed by atoms with van der Waals surface area (Å²) >= 11 is 1.52. The second-order valence-corrected chi connectivity index (χ2v) is 7.16. The van der Waals surface area contributed by atoms with Gasteiger partial charge in [0.25, 0.3) is 11.8 Å². The first kappa shape index (κ1) is 19.9. The zero-order chi connectivity index (χ0) is 20.1. The van der Waals surface area contributed by atoms with Crippen molar-refractivity contribution < 1.29 is 19.1 Å². The van der Waals surface area contributed by atoms with Crippen molar-refractivity contribution in [2.75, 3.05) is 23.9 Å². The minimum absolute atomic E-state index is 0.377. The van der Waals surface area contributed by atoms with E-state index in [4.69, 9.17) is 4.74 Å². The van der Waals surface area contributed by atoms with Crippen LogP contribution in [-0.2, 0) is 14.3 Å². The molecule has 0 fully saturated rings. The fraction of sp³-hybridized carbons (Fsp3) is 0.227. The van der Waals surface area contributed by atoms with Gasteiger partial charge in [-0.2, -0.15) is 0 Å². The molecule has 0 unspecified atom stereocenters. The lowest BCUT2D eigenvalue weighted by molar-refractivity contribution is -0.119. The summed E-state index contributed by atoms with van der Waals surface area (Å²) in [6.07, 6.45) is 3.28. The lowest BCUT2D eigenvalue weighted by atomic mass is 9.98. The van der Waals surface area contributed by atoms with Crippen molar-refractivity contribution in [3.8, 4) is 11.8 Å². The van der Waals surface area contributed by atoms with E-state index < -0.39 is 11.8 Å². The Morgan fingerprint density at radius 3 is 2.46 bits per heavy atom. The maximum Gasteiger partial charge on any atom is 0.258 e. The molecular formula is C22H19NO4S. The van der Waals surface area contributed by atoms with Gasteiger partial charge in [0, 0.05) is 33.8 Å². The van der Waals surface area contributed by atoms with Crippen LogP contribution in [0.25, 0.3) is 10.8 Å². The Hall–Kier alpha value is -2.88. The van der Waals surface area contributed by atoms with Gasteiger partial charge in [0.05, 0.1) is 12.3 Å². The van der Waals surface area contributed by atoms with E-state index in [0.717, 1.165) is 26.9 Å². The first-order chi connectivity index (χ1) is 13.6. The van der Waals surface area contributed by atoms with Crippen LogP contribution < -0.4 is 4.90 Å². The summed E-state index contributed by atoms with van der Waals surface area (Å²) in [4.78, 5) is 38.4. The molecule has 2 amide bonds. The van der Waals surface area contributed by atoms with Crippen LogP contribution in [0.5, 0.6) is 0 Å². The largest absolute Gasteiger partial charge is 0.368 e. The molecule has 5 nitrogen and oxygen atoms in total. The van der Waals surface area contributed by atoms with Gasteiger partial charge >= 0.3 is 0 Å². The molecule has 1 aliphatic rings. The molecule has 6 heteroatoms. The summed E-state index contributed by atoms with van der Waals surface area (Å²) < 4.78 is 5.46. The maximum atomic E-state index is 12.3. The summed E-state index contributed by atoms with van der Waals surface area (Å²) in [5, 5.41) is 1.59. The van der Waals surface area contributed by atoms with Gasteiger partial charge in [-0.3, -0.25) is 14.4 Å². The van der Waals surface area contributed by atoms with Gasteiger partial charge in [0.15, 0.2) is 6.29 Å². The third-order valence-corrected chi connectivity index (χ3v) is 5.51. The van der Waals surface area contributed by atoms with E-state index in [1.165, 1.54) is 23.9 Å². The first-order valence-corrected chi connectivity index (χ1v) is 9.75. The molecule has 0 aliphatic carbocycles. The SMILES string of the molecule is CC#CCOCCSc1c(C=O)c(C)c(N2C(=O)C=CC2=O)c2ccccc12. The monoisotopic (exact) mass is 393 g/mol. The third-order valence-electron chi connectivity index (χ3n) is 4.41. The molecule has 3 rings (SSSR count). The normalized spacial score (nSPS) is 13.1. The Labute approximate surface area is 167 Å². The quantitative estimate of drug-likeness (QED) is 0.237. The average Bonchev–Trinajstić information content (AvgIpc) is 3.03. The van der Waals surface area contributed by atoms with Gasteiger partial charge in [-0.15, -0.1) is 17.7 Å². The molecule has 28 heavy (non-hydrogen) atoms. The van der Waals surface area contributed by atoms with Crippen LogP contribution in [0.3, 0.4) is 0 Å². The smallest absolute Gasteiger partial charge is 0.258 e. The van der Waals surface area contributed by atoms with Crippen molar-refractivity contribution in [1.82, 2.24) is 0 Å². The Bertz CT molecular complexity index is 1030. The lowest BCUT2D eigenvalue weighted by Gasteiger charge is -2.23. The fourth-order valence-corrected chi connectivity index (χ4v) is 4.23. The van der Waals surface area contributed by atoms with Gasteiger partial charge in [-0.25, -0.2) is 4.90 Å². The summed E-state index contributed by atoms with van der Waals surface area (Å²) in [6.45, 7) is 4.40. The Morgan fingerprint density at radius 2 is 1.82 bits per heavy atom. The predicted octanol–water partition coefficient (Wildman–Crippen LogP) is 3.52. The van der Waals surface area contributed by atoms with Crippen LogP contribution in [0, 0.1) is 18.8 Å². The molecule has 2 aromatic rings. The number of nitrogens with zero attached hydrogens (tertiary/aromatic N) is 1. The van der Waals surface area contributed by atoms with E-state index in [2.05, 4.69) is 11.8 Å². The number of carbonyl (C=O) groups excluding carboxylic acids is 3. The number of ether oxygens (including phenoxy) is 1. The molecule has 0 spiro atoms. The highest BCUT2D eigenvalue weighted by molar-refractivity contribution is 7.99. The first-order valence-electron chi connectivity index (χ1n) is 8.77. The number of hydrogen-bond acceptors (Lipinski definition) is 5. The zero-order valence-electron chi connectivity index (χ0n) is 15.7. The van der Waals surface area contributed by atoms with Crippen LogP contribution in [0.15, 0.2) is 41.3 Å². The molecule has 2 aromatic carbocycles. The maximum absolute atomic E-state index is 12.3. The summed E-state index contributed by atoms with van der Waals surface area (Å²) in [5.41, 5.74) is 1.57. The van der Waals surface area contributed by atoms with Gasteiger partial charge in [0.1, 0.15) is 6.61 Å². The zero-order valence-corrected chi connectivity index (χ0v) is 16.5. The van der Waals surface area contributed by atoms with Crippen molar-refractivity contribution in [2.24, 2.45) is 0 Å². The number of imide groups is 1. The van der Waals surface area contributed by atoms with E-state index in [-0.39, 0.29) is 0 Å².